The summed E-state index contributed by atoms with van der Waals surface area (Å²) >= 11 is 0. The molecule has 0 atom stereocenters. The molecule has 1 aliphatic heterocycles. The third kappa shape index (κ3) is 2.54. The molecule has 0 spiro atoms. The van der Waals surface area contributed by atoms with Gasteiger partial charge in [0.2, 0.25) is 0 Å². The molecule has 3 aromatic rings. The normalized spacial score (nSPS) is 15.2. The summed E-state index contributed by atoms with van der Waals surface area (Å²) in [5, 5.41) is 9.98. The Morgan fingerprint density at radius 1 is 1.04 bits per heavy atom. The van der Waals surface area contributed by atoms with Crippen molar-refractivity contribution < 1.29 is 13.9 Å². The molecule has 1 aliphatic rings. The van der Waals surface area contributed by atoms with Gasteiger partial charge in [0.05, 0.1) is 11.4 Å². The molecule has 0 radical (unpaired) electrons. The first-order valence-corrected chi connectivity index (χ1v) is 7.96. The van der Waals surface area contributed by atoms with Gasteiger partial charge in [-0.25, -0.2) is 9.37 Å². The monoisotopic (exact) mass is 327 g/mol. The van der Waals surface area contributed by atoms with Crippen molar-refractivity contribution in [1.29, 1.82) is 0 Å². The Balaban J connectivity index is 1.55. The van der Waals surface area contributed by atoms with Crippen LogP contribution >= 0.6 is 0 Å². The minimum absolute atomic E-state index is 0.274. The molecule has 2 aromatic carbocycles. The minimum atomic E-state index is -0.285. The van der Waals surface area contributed by atoms with Crippen molar-refractivity contribution in [2.24, 2.45) is 0 Å². The number of aryl methyl sites for hydroxylation is 1. The third-order valence-corrected chi connectivity index (χ3v) is 4.41. The molecular weight excluding hydrogens is 309 g/mol. The molecule has 4 rings (SSSR count). The molecule has 1 fully saturated rings. The Morgan fingerprint density at radius 2 is 1.71 bits per heavy atom. The Hall–Kier alpha value is -2.76. The second-order valence-electron chi connectivity index (χ2n) is 5.97. The second-order valence-corrected chi connectivity index (χ2v) is 5.97. The highest BCUT2D eigenvalue weighted by Gasteiger charge is 2.22. The molecule has 0 bridgehead atoms. The zero-order valence-electron chi connectivity index (χ0n) is 13.4. The fourth-order valence-electron chi connectivity index (χ4n) is 3.22. The van der Waals surface area contributed by atoms with E-state index in [9.17, 15) is 9.50 Å². The fraction of sp³-hybridized carbons (Fsp3) is 0.278. The first-order chi connectivity index (χ1) is 11.6. The van der Waals surface area contributed by atoms with Gasteiger partial charge in [0.25, 0.3) is 0 Å². The minimum Gasteiger partial charge on any atom is -0.506 e. The summed E-state index contributed by atoms with van der Waals surface area (Å²) in [6, 6.07) is 10.4. The van der Waals surface area contributed by atoms with E-state index in [-0.39, 0.29) is 11.6 Å². The van der Waals surface area contributed by atoms with Crippen molar-refractivity contribution in [1.82, 2.24) is 4.98 Å². The number of benzene rings is 2. The molecule has 0 saturated carbocycles. The van der Waals surface area contributed by atoms with Crippen LogP contribution in [0.25, 0.3) is 11.1 Å². The molecule has 124 valence electrons. The number of aromatic hydroxyl groups is 1. The zero-order chi connectivity index (χ0) is 16.7. The van der Waals surface area contributed by atoms with Crippen molar-refractivity contribution in [2.45, 2.75) is 6.92 Å². The van der Waals surface area contributed by atoms with E-state index in [0.717, 1.165) is 5.69 Å². The number of fused-ring (bicyclic) bond motifs is 1. The number of hydrogen-bond donors (Lipinski definition) is 1. The van der Waals surface area contributed by atoms with E-state index in [2.05, 4.69) is 9.88 Å². The number of oxazole rings is 1. The highest BCUT2D eigenvalue weighted by molar-refractivity contribution is 5.78. The van der Waals surface area contributed by atoms with Gasteiger partial charge in [-0.2, -0.15) is 0 Å². The number of phenols is 1. The van der Waals surface area contributed by atoms with Crippen LogP contribution in [-0.2, 0) is 0 Å². The van der Waals surface area contributed by atoms with Gasteiger partial charge in [-0.1, -0.05) is 12.1 Å². The number of nitrogens with zero attached hydrogens (tertiary/aromatic N) is 3. The number of piperazine rings is 1. The van der Waals surface area contributed by atoms with Crippen molar-refractivity contribution in [3.63, 3.8) is 0 Å². The maximum Gasteiger partial charge on any atom is 0.192 e. The first kappa shape index (κ1) is 14.8. The van der Waals surface area contributed by atoms with Crippen LogP contribution in [0.2, 0.25) is 0 Å². The van der Waals surface area contributed by atoms with Gasteiger partial charge in [-0.3, -0.25) is 0 Å². The summed E-state index contributed by atoms with van der Waals surface area (Å²) in [5.41, 5.74) is 2.50. The van der Waals surface area contributed by atoms with Gasteiger partial charge in [0, 0.05) is 45.2 Å². The Labute approximate surface area is 138 Å². The third-order valence-electron chi connectivity index (χ3n) is 4.41. The topological polar surface area (TPSA) is 52.7 Å². The quantitative estimate of drug-likeness (QED) is 0.782. The van der Waals surface area contributed by atoms with Gasteiger partial charge >= 0.3 is 0 Å². The molecule has 1 N–H and O–H groups in total. The van der Waals surface area contributed by atoms with E-state index in [1.54, 1.807) is 25.1 Å². The van der Waals surface area contributed by atoms with Crippen LogP contribution in [0.3, 0.4) is 0 Å². The van der Waals surface area contributed by atoms with E-state index in [4.69, 9.17) is 4.42 Å². The highest BCUT2D eigenvalue weighted by atomic mass is 19.1. The number of rotatable bonds is 2. The predicted octanol–water partition coefficient (Wildman–Crippen LogP) is 3.31. The molecule has 0 amide bonds. The van der Waals surface area contributed by atoms with Crippen LogP contribution in [-0.4, -0.2) is 36.3 Å². The number of halogens is 1. The largest absolute Gasteiger partial charge is 0.506 e. The highest BCUT2D eigenvalue weighted by Crippen LogP contribution is 2.30. The zero-order valence-corrected chi connectivity index (χ0v) is 13.4. The van der Waals surface area contributed by atoms with Gasteiger partial charge < -0.3 is 19.3 Å². The summed E-state index contributed by atoms with van der Waals surface area (Å²) in [6.45, 7) is 4.52. The molecular formula is C18H18FN3O2. The molecule has 1 saturated heterocycles. The van der Waals surface area contributed by atoms with Crippen molar-refractivity contribution in [3.8, 4) is 5.75 Å². The maximum absolute atomic E-state index is 14.4. The Bertz CT molecular complexity index is 885. The van der Waals surface area contributed by atoms with Gasteiger partial charge in [0.1, 0.15) is 17.1 Å². The summed E-state index contributed by atoms with van der Waals surface area (Å²) in [7, 11) is 0. The first-order valence-electron chi connectivity index (χ1n) is 7.96. The summed E-state index contributed by atoms with van der Waals surface area (Å²) in [4.78, 5) is 8.28. The lowest BCUT2D eigenvalue weighted by Gasteiger charge is -2.37. The number of phenolic OH excluding ortho intramolecular Hbond substituents is 1. The molecule has 6 heteroatoms. The van der Waals surface area contributed by atoms with Crippen LogP contribution in [0.4, 0.5) is 15.8 Å². The Morgan fingerprint density at radius 3 is 2.42 bits per heavy atom. The molecule has 5 nitrogen and oxygen atoms in total. The fourth-order valence-corrected chi connectivity index (χ4v) is 3.22. The number of anilines is 2. The lowest BCUT2D eigenvalue weighted by molar-refractivity contribution is 0.472. The van der Waals surface area contributed by atoms with Crippen LogP contribution in [0.5, 0.6) is 5.75 Å². The van der Waals surface area contributed by atoms with Crippen LogP contribution in [0.1, 0.15) is 5.89 Å². The summed E-state index contributed by atoms with van der Waals surface area (Å²) in [6.07, 6.45) is 0. The number of aromatic nitrogens is 1. The molecule has 1 aromatic heterocycles. The van der Waals surface area contributed by atoms with Gasteiger partial charge in [-0.15, -0.1) is 0 Å². The molecule has 24 heavy (non-hydrogen) atoms. The molecule has 0 unspecified atom stereocenters. The smallest absolute Gasteiger partial charge is 0.192 e. The average molecular weight is 327 g/mol. The predicted molar refractivity (Wildman–Crippen MR) is 91.2 cm³/mol. The molecule has 0 aliphatic carbocycles. The van der Waals surface area contributed by atoms with E-state index < -0.39 is 0 Å². The average Bonchev–Trinajstić information content (AvgIpc) is 2.94. The second kappa shape index (κ2) is 5.70. The van der Waals surface area contributed by atoms with E-state index in [1.165, 1.54) is 6.07 Å². The van der Waals surface area contributed by atoms with E-state index >= 15 is 0 Å². The maximum atomic E-state index is 14.4. The summed E-state index contributed by atoms with van der Waals surface area (Å²) in [5.74, 6) is 0.522. The van der Waals surface area contributed by atoms with E-state index in [1.807, 2.05) is 17.0 Å². The standard InChI is InChI=1S/C18H18FN3O2/c1-12-20-14-10-13(19)16(11-18(14)24-12)22-8-6-21(7-9-22)15-4-2-3-5-17(15)23/h2-5,10-11,23H,6-9H2,1H3. The Kier molecular flexibility index (Phi) is 3.52. The van der Waals surface area contributed by atoms with Crippen molar-refractivity contribution in [3.05, 3.63) is 48.1 Å². The van der Waals surface area contributed by atoms with E-state index in [0.29, 0.717) is 48.9 Å². The van der Waals surface area contributed by atoms with Crippen LogP contribution in [0.15, 0.2) is 40.8 Å². The van der Waals surface area contributed by atoms with Gasteiger partial charge in [-0.05, 0) is 12.1 Å². The lowest BCUT2D eigenvalue weighted by atomic mass is 10.2. The number of hydrogen-bond acceptors (Lipinski definition) is 5. The summed E-state index contributed by atoms with van der Waals surface area (Å²) < 4.78 is 19.9. The van der Waals surface area contributed by atoms with Gasteiger partial charge in [0.15, 0.2) is 11.5 Å². The van der Waals surface area contributed by atoms with Crippen molar-refractivity contribution >= 4 is 22.5 Å². The SMILES string of the molecule is Cc1nc2cc(F)c(N3CCN(c4ccccc4O)CC3)cc2o1. The van der Waals surface area contributed by atoms with Crippen molar-refractivity contribution in [2.75, 3.05) is 36.0 Å². The van der Waals surface area contributed by atoms with Crippen LogP contribution in [0, 0.1) is 12.7 Å². The lowest BCUT2D eigenvalue weighted by Crippen LogP contribution is -2.46. The number of para-hydroxylation sites is 2. The molecule has 2 heterocycles. The van der Waals surface area contributed by atoms with Crippen LogP contribution < -0.4 is 9.80 Å².